The highest BCUT2D eigenvalue weighted by Gasteiger charge is 2.26. The number of aliphatic carboxylic acids is 5. The van der Waals surface area contributed by atoms with E-state index < -0.39 is 110 Å². The van der Waals surface area contributed by atoms with Crippen molar-refractivity contribution in [2.45, 2.75) is 82.5 Å². The van der Waals surface area contributed by atoms with Gasteiger partial charge in [0.25, 0.3) is 0 Å². The Bertz CT molecular complexity index is 1500. The van der Waals surface area contributed by atoms with Crippen LogP contribution in [-0.2, 0) is 44.8 Å². The molecule has 1 aromatic carbocycles. The molecule has 0 heterocycles. The molecule has 0 unspecified atom stereocenters. The van der Waals surface area contributed by atoms with Crippen molar-refractivity contribution in [3.63, 3.8) is 0 Å². The Hall–Kier alpha value is -6.48. The molecule has 1 aromatic rings. The van der Waals surface area contributed by atoms with E-state index in [4.69, 9.17) is 20.4 Å². The molecule has 0 aromatic heterocycles. The molecule has 22 heteroatoms. The van der Waals surface area contributed by atoms with Crippen LogP contribution in [0.15, 0.2) is 24.3 Å². The Morgan fingerprint density at radius 1 is 0.585 bits per heavy atom. The van der Waals surface area contributed by atoms with Gasteiger partial charge in [-0.15, -0.1) is 0 Å². The fraction of sp³-hybridized carbons (Fsp3) is 0.484. The summed E-state index contributed by atoms with van der Waals surface area (Å²) >= 11 is 0. The molecule has 22 nitrogen and oxygen atoms in total. The smallest absolute Gasteiger partial charge is 0.326 e. The van der Waals surface area contributed by atoms with Crippen LogP contribution in [0.2, 0.25) is 0 Å². The molecular weight excluding hydrogens is 710 g/mol. The zero-order chi connectivity index (χ0) is 40.1. The van der Waals surface area contributed by atoms with Gasteiger partial charge in [0.1, 0.15) is 30.7 Å². The summed E-state index contributed by atoms with van der Waals surface area (Å²) in [7, 11) is 0. The fourth-order valence-electron chi connectivity index (χ4n) is 4.36. The standard InChI is InChI=1S/C31H43N7O15/c1-16(26(46)33-15-25(44)45)34-27(47)19(9-11-23(40)41)36-22(39)14-17-5-7-18(8-6-17)35-30(52)32-13-3-2-4-20(28(48)49)37-31(53)38-21(29(50)51)10-12-24(42)43/h5-8,16,19-21H,2-4,9-15H2,1H3,(H,33,46)(H,34,47)(H,36,39)(H,40,41)(H,42,43)(H,44,45)(H,48,49)(H,50,51)(H2,32,35,52)(H2,37,38,53)/t16-,19-,20-,21-/m0/s1. The maximum atomic E-state index is 12.7. The molecule has 0 aliphatic carbocycles. The van der Waals surface area contributed by atoms with Gasteiger partial charge in [0.05, 0.1) is 6.42 Å². The molecule has 0 aliphatic rings. The predicted molar refractivity (Wildman–Crippen MR) is 179 cm³/mol. The maximum absolute atomic E-state index is 12.7. The topological polar surface area (TPSA) is 356 Å². The number of carboxylic acid groups (broad SMARTS) is 5. The zero-order valence-electron chi connectivity index (χ0n) is 28.5. The molecular formula is C31H43N7O15. The van der Waals surface area contributed by atoms with Crippen LogP contribution in [0.5, 0.6) is 0 Å². The monoisotopic (exact) mass is 753 g/mol. The maximum Gasteiger partial charge on any atom is 0.326 e. The van der Waals surface area contributed by atoms with E-state index in [0.29, 0.717) is 17.7 Å². The van der Waals surface area contributed by atoms with E-state index in [1.807, 2.05) is 5.32 Å². The Kier molecular flexibility index (Phi) is 19.4. The third-order valence-corrected chi connectivity index (χ3v) is 7.10. The first kappa shape index (κ1) is 44.5. The van der Waals surface area contributed by atoms with Crippen LogP contribution in [0, 0.1) is 0 Å². The summed E-state index contributed by atoms with van der Waals surface area (Å²) in [6.07, 6.45) is -1.49. The molecule has 7 amide bonds. The van der Waals surface area contributed by atoms with Crippen LogP contribution < -0.4 is 37.2 Å². The summed E-state index contributed by atoms with van der Waals surface area (Å²) in [5.41, 5.74) is 0.797. The van der Waals surface area contributed by atoms with Gasteiger partial charge in [0.2, 0.25) is 17.7 Å². The molecule has 0 fully saturated rings. The minimum atomic E-state index is -1.54. The summed E-state index contributed by atoms with van der Waals surface area (Å²) in [6, 6.07) is -1.15. The number of urea groups is 2. The summed E-state index contributed by atoms with van der Waals surface area (Å²) < 4.78 is 0. The highest BCUT2D eigenvalue weighted by atomic mass is 16.4. The average molecular weight is 754 g/mol. The summed E-state index contributed by atoms with van der Waals surface area (Å²) in [5.74, 6) is -9.00. The molecule has 1 rings (SSSR count). The molecule has 0 aliphatic heterocycles. The Morgan fingerprint density at radius 3 is 1.66 bits per heavy atom. The number of hydrogen-bond donors (Lipinski definition) is 12. The van der Waals surface area contributed by atoms with Crippen LogP contribution in [0.25, 0.3) is 0 Å². The van der Waals surface area contributed by atoms with Crippen LogP contribution in [0.3, 0.4) is 0 Å². The van der Waals surface area contributed by atoms with E-state index in [-0.39, 0.29) is 32.2 Å². The largest absolute Gasteiger partial charge is 0.481 e. The molecule has 12 N–H and O–H groups in total. The van der Waals surface area contributed by atoms with Crippen LogP contribution in [0.4, 0.5) is 15.3 Å². The van der Waals surface area contributed by atoms with Crippen molar-refractivity contribution in [1.29, 1.82) is 0 Å². The van der Waals surface area contributed by atoms with Crippen molar-refractivity contribution < 1.29 is 73.5 Å². The van der Waals surface area contributed by atoms with Gasteiger partial charge in [0.15, 0.2) is 0 Å². The molecule has 0 bridgehead atoms. The lowest BCUT2D eigenvalue weighted by Crippen LogP contribution is -2.53. The highest BCUT2D eigenvalue weighted by molar-refractivity contribution is 5.93. The fourth-order valence-corrected chi connectivity index (χ4v) is 4.36. The van der Waals surface area contributed by atoms with Crippen LogP contribution >= 0.6 is 0 Å². The zero-order valence-corrected chi connectivity index (χ0v) is 28.5. The molecule has 292 valence electrons. The number of hydrogen-bond acceptors (Lipinski definition) is 10. The lowest BCUT2D eigenvalue weighted by molar-refractivity contribution is -0.141. The van der Waals surface area contributed by atoms with E-state index in [0.717, 1.165) is 0 Å². The number of carbonyl (C=O) groups is 10. The normalized spacial score (nSPS) is 12.7. The number of anilines is 1. The summed E-state index contributed by atoms with van der Waals surface area (Å²) in [4.78, 5) is 117. The SMILES string of the molecule is C[C@H](NC(=O)[C@H](CCC(=O)O)NC(=O)Cc1ccc(NC(=O)NCCCC[C@H](NC(=O)N[C@@H](CCC(=O)O)C(=O)O)C(=O)O)cc1)C(=O)NCC(=O)O. The van der Waals surface area contributed by atoms with Gasteiger partial charge >= 0.3 is 41.9 Å². The summed E-state index contributed by atoms with van der Waals surface area (Å²) in [6.45, 7) is 0.708. The molecule has 53 heavy (non-hydrogen) atoms. The average Bonchev–Trinajstić information content (AvgIpc) is 3.06. The second kappa shape index (κ2) is 23.1. The number of amides is 7. The Balaban J connectivity index is 2.57. The number of carbonyl (C=O) groups excluding carboxylic acids is 5. The highest BCUT2D eigenvalue weighted by Crippen LogP contribution is 2.11. The first-order valence-electron chi connectivity index (χ1n) is 16.1. The van der Waals surface area contributed by atoms with Gasteiger partial charge in [-0.2, -0.15) is 0 Å². The quantitative estimate of drug-likeness (QED) is 0.0543. The first-order chi connectivity index (χ1) is 24.9. The predicted octanol–water partition coefficient (Wildman–Crippen LogP) is -1.35. The van der Waals surface area contributed by atoms with Gasteiger partial charge < -0.3 is 62.8 Å². The van der Waals surface area contributed by atoms with E-state index in [1.54, 1.807) is 0 Å². The van der Waals surface area contributed by atoms with Crippen molar-refractivity contribution in [3.05, 3.63) is 29.8 Å². The molecule has 0 radical (unpaired) electrons. The minimum Gasteiger partial charge on any atom is -0.481 e. The van der Waals surface area contributed by atoms with Crippen LogP contribution in [0.1, 0.15) is 57.4 Å². The van der Waals surface area contributed by atoms with Gasteiger partial charge in [-0.25, -0.2) is 19.2 Å². The first-order valence-corrected chi connectivity index (χ1v) is 16.1. The van der Waals surface area contributed by atoms with E-state index in [9.17, 15) is 53.1 Å². The van der Waals surface area contributed by atoms with E-state index in [1.165, 1.54) is 31.2 Å². The van der Waals surface area contributed by atoms with Crippen LogP contribution in [-0.4, -0.2) is 122 Å². The Morgan fingerprint density at radius 2 is 1.13 bits per heavy atom. The number of benzene rings is 1. The minimum absolute atomic E-state index is 0.0657. The van der Waals surface area contributed by atoms with E-state index in [2.05, 4.69) is 31.9 Å². The second-order valence-electron chi connectivity index (χ2n) is 11.5. The van der Waals surface area contributed by atoms with Crippen molar-refractivity contribution >= 4 is 65.3 Å². The van der Waals surface area contributed by atoms with Gasteiger partial charge in [-0.05, 0) is 56.7 Å². The lowest BCUT2D eigenvalue weighted by Gasteiger charge is -2.20. The van der Waals surface area contributed by atoms with Crippen molar-refractivity contribution in [2.75, 3.05) is 18.4 Å². The molecule has 0 spiro atoms. The third kappa shape index (κ3) is 19.5. The van der Waals surface area contributed by atoms with Crippen molar-refractivity contribution in [1.82, 2.24) is 31.9 Å². The molecule has 4 atom stereocenters. The number of nitrogens with one attached hydrogen (secondary N) is 7. The van der Waals surface area contributed by atoms with Crippen molar-refractivity contribution in [3.8, 4) is 0 Å². The lowest BCUT2D eigenvalue weighted by atomic mass is 10.1. The third-order valence-electron chi connectivity index (χ3n) is 7.10. The number of carboxylic acids is 5. The van der Waals surface area contributed by atoms with Gasteiger partial charge in [-0.1, -0.05) is 12.1 Å². The summed E-state index contributed by atoms with van der Waals surface area (Å²) in [5, 5.41) is 61.0. The second-order valence-corrected chi connectivity index (χ2v) is 11.5. The van der Waals surface area contributed by atoms with Gasteiger partial charge in [0, 0.05) is 25.1 Å². The van der Waals surface area contributed by atoms with Gasteiger partial charge in [-0.3, -0.25) is 28.8 Å². The number of rotatable bonds is 24. The number of unbranched alkanes of at least 4 members (excludes halogenated alkanes) is 1. The van der Waals surface area contributed by atoms with E-state index >= 15 is 0 Å². The van der Waals surface area contributed by atoms with Crippen molar-refractivity contribution in [2.24, 2.45) is 0 Å². The Labute approximate surface area is 301 Å². The molecule has 0 saturated carbocycles. The molecule has 0 saturated heterocycles.